The number of likely N-dealkylation sites (tertiary alicyclic amines) is 1. The number of pyridine rings is 1. The lowest BCUT2D eigenvalue weighted by molar-refractivity contribution is 0.169. The molecule has 2 heterocycles. The van der Waals surface area contributed by atoms with Gasteiger partial charge in [-0.15, -0.1) is 0 Å². The van der Waals surface area contributed by atoms with Crippen molar-refractivity contribution in [3.8, 4) is 29.1 Å². The van der Waals surface area contributed by atoms with Crippen LogP contribution in [0.15, 0.2) is 65.7 Å². The molecule has 0 radical (unpaired) electrons. The Morgan fingerprint density at radius 2 is 1.89 bits per heavy atom. The molecule has 0 bridgehead atoms. The summed E-state index contributed by atoms with van der Waals surface area (Å²) in [6.07, 6.45) is 4.92. The number of halogens is 2. The monoisotopic (exact) mass is 622 g/mol. The Morgan fingerprint density at radius 1 is 1.05 bits per heavy atom. The lowest BCUT2D eigenvalue weighted by atomic mass is 10.0. The Balaban J connectivity index is 1.29. The number of benzene rings is 3. The van der Waals surface area contributed by atoms with Crippen LogP contribution in [0.4, 0.5) is 14.5 Å². The molecule has 1 aliphatic heterocycles. The number of sulfonamides is 1. The molecule has 1 unspecified atom stereocenters. The SMILES string of the molecule is COc1cc2c(Oc3ccc(NS(=O)(=O)c4ccc(F)c(C#N)c4)cc3F)ccnc2cc1OCCCN1CCCC(C)C1. The van der Waals surface area contributed by atoms with E-state index in [1.165, 1.54) is 38.3 Å². The van der Waals surface area contributed by atoms with E-state index < -0.39 is 27.2 Å². The third-order valence-corrected chi connectivity index (χ3v) is 8.76. The van der Waals surface area contributed by atoms with Crippen molar-refractivity contribution in [2.75, 3.05) is 38.1 Å². The summed E-state index contributed by atoms with van der Waals surface area (Å²) >= 11 is 0. The van der Waals surface area contributed by atoms with Crippen LogP contribution in [0.25, 0.3) is 10.9 Å². The number of nitriles is 1. The largest absolute Gasteiger partial charge is 0.493 e. The highest BCUT2D eigenvalue weighted by atomic mass is 32.2. The number of ether oxygens (including phenoxy) is 3. The quantitative estimate of drug-likeness (QED) is 0.189. The highest BCUT2D eigenvalue weighted by Gasteiger charge is 2.19. The number of hydrogen-bond acceptors (Lipinski definition) is 8. The molecule has 44 heavy (non-hydrogen) atoms. The second-order valence-corrected chi connectivity index (χ2v) is 12.4. The Kier molecular flexibility index (Phi) is 9.46. The van der Waals surface area contributed by atoms with E-state index in [-0.39, 0.29) is 16.3 Å². The van der Waals surface area contributed by atoms with E-state index in [4.69, 9.17) is 19.5 Å². The van der Waals surface area contributed by atoms with Gasteiger partial charge in [-0.05, 0) is 74.2 Å². The summed E-state index contributed by atoms with van der Waals surface area (Å²) in [7, 11) is -2.69. The van der Waals surface area contributed by atoms with Crippen molar-refractivity contribution in [3.05, 3.63) is 78.0 Å². The third-order valence-electron chi connectivity index (χ3n) is 7.38. The normalized spacial score (nSPS) is 15.5. The maximum atomic E-state index is 15.1. The van der Waals surface area contributed by atoms with E-state index in [1.807, 2.05) is 0 Å². The average Bonchev–Trinajstić information content (AvgIpc) is 3.00. The number of rotatable bonds is 11. The first-order chi connectivity index (χ1) is 21.2. The van der Waals surface area contributed by atoms with Gasteiger partial charge in [0.15, 0.2) is 23.1 Å². The predicted molar refractivity (Wildman–Crippen MR) is 162 cm³/mol. The minimum Gasteiger partial charge on any atom is -0.493 e. The molecule has 1 aromatic heterocycles. The molecule has 0 amide bonds. The molecule has 0 spiro atoms. The van der Waals surface area contributed by atoms with Crippen LogP contribution in [0.5, 0.6) is 23.0 Å². The number of aromatic nitrogens is 1. The van der Waals surface area contributed by atoms with Crippen LogP contribution in [0.2, 0.25) is 0 Å². The van der Waals surface area contributed by atoms with E-state index in [2.05, 4.69) is 21.5 Å². The summed E-state index contributed by atoms with van der Waals surface area (Å²) in [5, 5.41) is 9.56. The second-order valence-electron chi connectivity index (χ2n) is 10.7. The molecular formula is C32H32F2N4O5S. The van der Waals surface area contributed by atoms with E-state index in [0.717, 1.165) is 56.2 Å². The molecule has 9 nitrogen and oxygen atoms in total. The predicted octanol–water partition coefficient (Wildman–Crippen LogP) is 6.49. The Hall–Kier alpha value is -4.47. The van der Waals surface area contributed by atoms with E-state index in [9.17, 15) is 12.8 Å². The van der Waals surface area contributed by atoms with Gasteiger partial charge < -0.3 is 19.1 Å². The third kappa shape index (κ3) is 7.18. The number of anilines is 1. The number of nitrogens with one attached hydrogen (secondary N) is 1. The van der Waals surface area contributed by atoms with E-state index >= 15 is 4.39 Å². The Bertz CT molecular complexity index is 1810. The maximum Gasteiger partial charge on any atom is 0.261 e. The zero-order valence-electron chi connectivity index (χ0n) is 24.3. The number of nitrogens with zero attached hydrogens (tertiary/aromatic N) is 3. The summed E-state index contributed by atoms with van der Waals surface area (Å²) in [5.74, 6) is 0.223. The van der Waals surface area contributed by atoms with Crippen molar-refractivity contribution in [1.29, 1.82) is 5.26 Å². The van der Waals surface area contributed by atoms with Crippen molar-refractivity contribution >= 4 is 26.6 Å². The number of fused-ring (bicyclic) bond motifs is 1. The first-order valence-corrected chi connectivity index (χ1v) is 15.7. The van der Waals surface area contributed by atoms with E-state index in [0.29, 0.717) is 34.8 Å². The van der Waals surface area contributed by atoms with Crippen LogP contribution < -0.4 is 18.9 Å². The van der Waals surface area contributed by atoms with Gasteiger partial charge in [0.2, 0.25) is 0 Å². The fourth-order valence-corrected chi connectivity index (χ4v) is 6.26. The molecular weight excluding hydrogens is 590 g/mol. The topological polar surface area (TPSA) is 114 Å². The summed E-state index contributed by atoms with van der Waals surface area (Å²) < 4.78 is 74.0. The molecule has 3 aromatic carbocycles. The van der Waals surface area contributed by atoms with Gasteiger partial charge >= 0.3 is 0 Å². The van der Waals surface area contributed by atoms with Crippen molar-refractivity contribution < 1.29 is 31.4 Å². The first kappa shape index (κ1) is 31.0. The van der Waals surface area contributed by atoms with Gasteiger partial charge in [-0.1, -0.05) is 6.92 Å². The molecule has 0 saturated carbocycles. The van der Waals surface area contributed by atoms with Gasteiger partial charge in [-0.3, -0.25) is 9.71 Å². The smallest absolute Gasteiger partial charge is 0.261 e. The van der Waals surface area contributed by atoms with Crippen LogP contribution >= 0.6 is 0 Å². The first-order valence-electron chi connectivity index (χ1n) is 14.2. The minimum atomic E-state index is -4.22. The van der Waals surface area contributed by atoms with Gasteiger partial charge in [0.05, 0.1) is 35.4 Å². The van der Waals surface area contributed by atoms with Crippen molar-refractivity contribution in [1.82, 2.24) is 9.88 Å². The van der Waals surface area contributed by atoms with Crippen LogP contribution in [0.3, 0.4) is 0 Å². The van der Waals surface area contributed by atoms with Crippen LogP contribution in [-0.4, -0.2) is 51.7 Å². The molecule has 230 valence electrons. The van der Waals surface area contributed by atoms with Crippen molar-refractivity contribution in [2.24, 2.45) is 5.92 Å². The summed E-state index contributed by atoms with van der Waals surface area (Å²) in [4.78, 5) is 6.55. The summed E-state index contributed by atoms with van der Waals surface area (Å²) in [6, 6.07) is 13.0. The molecule has 0 aliphatic carbocycles. The van der Waals surface area contributed by atoms with Crippen molar-refractivity contribution in [3.63, 3.8) is 0 Å². The number of hydrogen-bond donors (Lipinski definition) is 1. The highest BCUT2D eigenvalue weighted by Crippen LogP contribution is 2.38. The van der Waals surface area contributed by atoms with Crippen molar-refractivity contribution in [2.45, 2.75) is 31.1 Å². The average molecular weight is 623 g/mol. The standard InChI is InChI=1S/C32H32F2N4O5S/c1-21-5-3-12-38(20-21)13-4-14-42-32-18-28-25(17-31(32)41-2)29(10-11-36-28)43-30-9-6-23(16-27(30)34)37-44(39,40)24-7-8-26(33)22(15-24)19-35/h6-11,15-18,21,37H,3-5,12-14,20H2,1-2H3. The molecule has 1 fully saturated rings. The van der Waals surface area contributed by atoms with Gasteiger partial charge in [0, 0.05) is 36.8 Å². The molecule has 1 aliphatic rings. The number of methoxy groups -OCH3 is 1. The van der Waals surface area contributed by atoms with Gasteiger partial charge in [-0.2, -0.15) is 5.26 Å². The Labute approximate surface area is 255 Å². The molecule has 1 saturated heterocycles. The lowest BCUT2D eigenvalue weighted by Gasteiger charge is -2.30. The molecule has 12 heteroatoms. The van der Waals surface area contributed by atoms with Gasteiger partial charge in [0.1, 0.15) is 17.6 Å². The zero-order valence-corrected chi connectivity index (χ0v) is 25.2. The zero-order chi connectivity index (χ0) is 31.3. The van der Waals surface area contributed by atoms with E-state index in [1.54, 1.807) is 24.3 Å². The molecule has 1 N–H and O–H groups in total. The van der Waals surface area contributed by atoms with Crippen LogP contribution in [0.1, 0.15) is 31.7 Å². The number of piperidine rings is 1. The lowest BCUT2D eigenvalue weighted by Crippen LogP contribution is -2.35. The minimum absolute atomic E-state index is 0.0875. The Morgan fingerprint density at radius 3 is 2.64 bits per heavy atom. The summed E-state index contributed by atoms with van der Waals surface area (Å²) in [5.41, 5.74) is 0.0461. The second kappa shape index (κ2) is 13.4. The fourth-order valence-electron chi connectivity index (χ4n) is 5.19. The molecule has 4 aromatic rings. The maximum absolute atomic E-state index is 15.1. The molecule has 1 atom stereocenters. The van der Waals surface area contributed by atoms with Crippen LogP contribution in [0, 0.1) is 28.9 Å². The van der Waals surface area contributed by atoms with Gasteiger partial charge in [-0.25, -0.2) is 17.2 Å². The van der Waals surface area contributed by atoms with Gasteiger partial charge in [0.25, 0.3) is 10.0 Å². The highest BCUT2D eigenvalue weighted by molar-refractivity contribution is 7.92. The van der Waals surface area contributed by atoms with Crippen LogP contribution in [-0.2, 0) is 10.0 Å². The fraction of sp³-hybridized carbons (Fsp3) is 0.312. The summed E-state index contributed by atoms with van der Waals surface area (Å²) in [6.45, 7) is 6.01. The molecule has 5 rings (SSSR count).